The molecule has 0 unspecified atom stereocenters. The van der Waals surface area contributed by atoms with E-state index in [2.05, 4.69) is 11.6 Å². The Hall–Kier alpha value is -2.82. The first-order valence-electron chi connectivity index (χ1n) is 7.81. The minimum Gasteiger partial charge on any atom is -0.338 e. The van der Waals surface area contributed by atoms with Crippen molar-refractivity contribution >= 4 is 23.5 Å². The third kappa shape index (κ3) is 2.73. The molecule has 1 aliphatic heterocycles. The van der Waals surface area contributed by atoms with Gasteiger partial charge in [0.25, 0.3) is 5.91 Å². The second-order valence-corrected chi connectivity index (χ2v) is 6.13. The van der Waals surface area contributed by atoms with Crippen molar-refractivity contribution in [2.24, 2.45) is 0 Å². The highest BCUT2D eigenvalue weighted by molar-refractivity contribution is 5.96. The third-order valence-electron chi connectivity index (χ3n) is 4.20. The number of nitrogens with one attached hydrogen (secondary N) is 1. The van der Waals surface area contributed by atoms with Crippen molar-refractivity contribution in [3.05, 3.63) is 65.8 Å². The average Bonchev–Trinajstić information content (AvgIpc) is 2.98. The van der Waals surface area contributed by atoms with Crippen molar-refractivity contribution in [1.29, 1.82) is 0 Å². The van der Waals surface area contributed by atoms with Gasteiger partial charge in [-0.3, -0.25) is 9.69 Å². The zero-order valence-corrected chi connectivity index (χ0v) is 14.0. The van der Waals surface area contributed by atoms with Gasteiger partial charge in [0, 0.05) is 30.0 Å². The summed E-state index contributed by atoms with van der Waals surface area (Å²) in [6, 6.07) is 8.12. The number of amides is 1. The molecular weight excluding hydrogens is 305 g/mol. The molecule has 2 aromatic rings. The molecule has 1 N–H and O–H groups in total. The van der Waals surface area contributed by atoms with Crippen molar-refractivity contribution in [3.63, 3.8) is 0 Å². The van der Waals surface area contributed by atoms with Crippen molar-refractivity contribution in [2.45, 2.75) is 19.9 Å². The van der Waals surface area contributed by atoms with Crippen LogP contribution in [0.4, 0.5) is 15.9 Å². The van der Waals surface area contributed by atoms with Gasteiger partial charge < -0.3 is 9.88 Å². The van der Waals surface area contributed by atoms with E-state index in [4.69, 9.17) is 0 Å². The number of hydrogen-bond acceptors (Lipinski definition) is 2. The number of hydrogen-bond donors (Lipinski definition) is 1. The van der Waals surface area contributed by atoms with Crippen molar-refractivity contribution in [3.8, 4) is 0 Å². The maximum atomic E-state index is 13.2. The molecular formula is C19H20FN3O. The van der Waals surface area contributed by atoms with Gasteiger partial charge in [-0.1, -0.05) is 6.58 Å². The number of aromatic amines is 1. The molecule has 1 aromatic heterocycles. The van der Waals surface area contributed by atoms with Crippen LogP contribution in [0, 0.1) is 5.82 Å². The predicted molar refractivity (Wildman–Crippen MR) is 94.7 cm³/mol. The van der Waals surface area contributed by atoms with Crippen LogP contribution in [0.15, 0.2) is 48.7 Å². The van der Waals surface area contributed by atoms with E-state index in [1.807, 2.05) is 37.0 Å². The predicted octanol–water partition coefficient (Wildman–Crippen LogP) is 4.31. The summed E-state index contributed by atoms with van der Waals surface area (Å²) in [6.07, 6.45) is 3.79. The van der Waals surface area contributed by atoms with Gasteiger partial charge in [0.05, 0.1) is 0 Å². The number of nitrogens with zero attached hydrogens (tertiary/aromatic N) is 2. The van der Waals surface area contributed by atoms with Crippen molar-refractivity contribution < 1.29 is 9.18 Å². The first kappa shape index (κ1) is 16.1. The molecule has 0 spiro atoms. The minimum absolute atomic E-state index is 0.0718. The van der Waals surface area contributed by atoms with Crippen LogP contribution in [0.25, 0.3) is 6.08 Å². The van der Waals surface area contributed by atoms with E-state index in [0.717, 1.165) is 22.8 Å². The Labute approximate surface area is 140 Å². The highest BCUT2D eigenvalue weighted by Crippen LogP contribution is 2.36. The normalized spacial score (nSPS) is 13.4. The van der Waals surface area contributed by atoms with Crippen LogP contribution < -0.4 is 4.90 Å². The molecule has 1 amide bonds. The standard InChI is InChI=1S/C19H20FN3O/c1-12(2)22(4)19(24)17-11-14-6-5-13(3)23(18(14)21-17)16-9-7-15(20)8-10-16/h5-12,21H,3H2,1-2,4H3. The summed E-state index contributed by atoms with van der Waals surface area (Å²) in [7, 11) is 1.78. The fourth-order valence-electron chi connectivity index (χ4n) is 2.60. The number of allylic oxidation sites excluding steroid dienone is 1. The van der Waals surface area contributed by atoms with Gasteiger partial charge in [0.1, 0.15) is 17.3 Å². The summed E-state index contributed by atoms with van der Waals surface area (Å²) in [4.78, 5) is 19.3. The Bertz CT molecular complexity index is 818. The Kier molecular flexibility index (Phi) is 4.01. The Balaban J connectivity index is 2.02. The lowest BCUT2D eigenvalue weighted by atomic mass is 10.1. The minimum atomic E-state index is -0.293. The fraction of sp³-hybridized carbons (Fsp3) is 0.211. The van der Waals surface area contributed by atoms with Crippen LogP contribution in [-0.2, 0) is 0 Å². The summed E-state index contributed by atoms with van der Waals surface area (Å²) in [5, 5.41) is 0. The van der Waals surface area contributed by atoms with Gasteiger partial charge in [-0.2, -0.15) is 0 Å². The Morgan fingerprint density at radius 2 is 1.92 bits per heavy atom. The highest BCUT2D eigenvalue weighted by atomic mass is 19.1. The largest absolute Gasteiger partial charge is 0.338 e. The van der Waals surface area contributed by atoms with E-state index in [1.165, 1.54) is 12.1 Å². The van der Waals surface area contributed by atoms with Gasteiger partial charge in [-0.15, -0.1) is 0 Å². The number of fused-ring (bicyclic) bond motifs is 1. The average molecular weight is 325 g/mol. The maximum absolute atomic E-state index is 13.2. The number of carbonyl (C=O) groups excluding carboxylic acids is 1. The van der Waals surface area contributed by atoms with Gasteiger partial charge in [-0.05, 0) is 56.3 Å². The van der Waals surface area contributed by atoms with Crippen molar-refractivity contribution in [2.75, 3.05) is 11.9 Å². The Morgan fingerprint density at radius 1 is 1.25 bits per heavy atom. The number of H-pyrrole nitrogens is 1. The molecule has 0 bridgehead atoms. The van der Waals surface area contributed by atoms with E-state index < -0.39 is 0 Å². The molecule has 2 heterocycles. The van der Waals surface area contributed by atoms with Crippen LogP contribution in [0.5, 0.6) is 0 Å². The lowest BCUT2D eigenvalue weighted by Crippen LogP contribution is -2.33. The van der Waals surface area contributed by atoms with Gasteiger partial charge in [0.15, 0.2) is 0 Å². The maximum Gasteiger partial charge on any atom is 0.270 e. The molecule has 1 aliphatic rings. The zero-order chi connectivity index (χ0) is 17.4. The molecule has 0 atom stereocenters. The number of rotatable bonds is 3. The molecule has 5 heteroatoms. The molecule has 24 heavy (non-hydrogen) atoms. The van der Waals surface area contributed by atoms with E-state index >= 15 is 0 Å². The molecule has 4 nitrogen and oxygen atoms in total. The third-order valence-corrected chi connectivity index (χ3v) is 4.20. The Morgan fingerprint density at radius 3 is 2.54 bits per heavy atom. The summed E-state index contributed by atoms with van der Waals surface area (Å²) in [5.41, 5.74) is 2.94. The molecule has 124 valence electrons. The molecule has 0 radical (unpaired) electrons. The van der Waals surface area contributed by atoms with Gasteiger partial charge >= 0.3 is 0 Å². The summed E-state index contributed by atoms with van der Waals surface area (Å²) < 4.78 is 13.2. The number of aromatic nitrogens is 1. The second kappa shape index (κ2) is 6.00. The van der Waals surface area contributed by atoms with E-state index in [9.17, 15) is 9.18 Å². The quantitative estimate of drug-likeness (QED) is 0.913. The number of halogens is 1. The van der Waals surface area contributed by atoms with E-state index in [1.54, 1.807) is 24.1 Å². The molecule has 0 saturated carbocycles. The van der Waals surface area contributed by atoms with Gasteiger partial charge in [0.2, 0.25) is 0 Å². The monoisotopic (exact) mass is 325 g/mol. The first-order valence-corrected chi connectivity index (χ1v) is 7.81. The summed E-state index contributed by atoms with van der Waals surface area (Å²) >= 11 is 0. The first-order chi connectivity index (χ1) is 11.4. The van der Waals surface area contributed by atoms with Crippen LogP contribution in [0.2, 0.25) is 0 Å². The molecule has 0 saturated heterocycles. The number of benzene rings is 1. The van der Waals surface area contributed by atoms with Crippen LogP contribution in [0.1, 0.15) is 29.9 Å². The lowest BCUT2D eigenvalue weighted by Gasteiger charge is -2.27. The molecule has 1 aromatic carbocycles. The summed E-state index contributed by atoms with van der Waals surface area (Å²) in [6.45, 7) is 7.97. The molecule has 3 rings (SSSR count). The van der Waals surface area contributed by atoms with Gasteiger partial charge in [-0.25, -0.2) is 4.39 Å². The van der Waals surface area contributed by atoms with E-state index in [0.29, 0.717) is 5.69 Å². The highest BCUT2D eigenvalue weighted by Gasteiger charge is 2.24. The van der Waals surface area contributed by atoms with Crippen LogP contribution in [0.3, 0.4) is 0 Å². The number of anilines is 2. The summed E-state index contributed by atoms with van der Waals surface area (Å²) in [5.74, 6) is 0.394. The van der Waals surface area contributed by atoms with Crippen molar-refractivity contribution in [1.82, 2.24) is 9.88 Å². The smallest absolute Gasteiger partial charge is 0.270 e. The fourth-order valence-corrected chi connectivity index (χ4v) is 2.60. The number of carbonyl (C=O) groups is 1. The SMILES string of the molecule is C=C1C=Cc2cc(C(=O)N(C)C(C)C)[nH]c2N1c1ccc(F)cc1. The van der Waals surface area contributed by atoms with Crippen LogP contribution >= 0.6 is 0 Å². The zero-order valence-electron chi connectivity index (χ0n) is 14.0. The topological polar surface area (TPSA) is 39.3 Å². The molecule has 0 aliphatic carbocycles. The molecule has 0 fully saturated rings. The second-order valence-electron chi connectivity index (χ2n) is 6.13. The van der Waals surface area contributed by atoms with E-state index in [-0.39, 0.29) is 17.8 Å². The van der Waals surface area contributed by atoms with Crippen LogP contribution in [-0.4, -0.2) is 28.9 Å². The lowest BCUT2D eigenvalue weighted by molar-refractivity contribution is 0.0750.